The van der Waals surface area contributed by atoms with Gasteiger partial charge in [-0.05, 0) is 12.1 Å². The molecule has 0 fully saturated rings. The van der Waals surface area contributed by atoms with Crippen LogP contribution in [-0.2, 0) is 0 Å². The van der Waals surface area contributed by atoms with Gasteiger partial charge in [0.1, 0.15) is 0 Å². The fourth-order valence-corrected chi connectivity index (χ4v) is 0.521. The largest absolute Gasteiger partial charge is 0.504 e. The Morgan fingerprint density at radius 2 is 1.70 bits per heavy atom. The molecule has 1 N–H and O–H groups in total. The van der Waals surface area contributed by atoms with Crippen LogP contribution >= 0.6 is 12.4 Å². The molecule has 0 aliphatic rings. The summed E-state index contributed by atoms with van der Waals surface area (Å²) in [6, 6.07) is 7.55. The highest BCUT2D eigenvalue weighted by Crippen LogP contribution is 1.93. The lowest BCUT2D eigenvalue weighted by Gasteiger charge is -1.74. The van der Waals surface area contributed by atoms with Crippen molar-refractivity contribution in [2.24, 2.45) is 0 Å². The summed E-state index contributed by atoms with van der Waals surface area (Å²) >= 11 is 0. The summed E-state index contributed by atoms with van der Waals surface area (Å²) < 4.78 is 0. The highest BCUT2D eigenvalue weighted by Gasteiger charge is 1.85. The van der Waals surface area contributed by atoms with Gasteiger partial charge in [0.05, 0.1) is 0 Å². The third-order valence-electron chi connectivity index (χ3n) is 0.976. The molecular formula is C7H7ClO2. The van der Waals surface area contributed by atoms with Gasteiger partial charge in [-0.25, -0.2) is 0 Å². The first-order chi connectivity index (χ1) is 4.30. The van der Waals surface area contributed by atoms with Crippen molar-refractivity contribution in [3.63, 3.8) is 0 Å². The zero-order valence-corrected chi connectivity index (χ0v) is 5.97. The van der Waals surface area contributed by atoms with E-state index in [0.717, 1.165) is 0 Å². The summed E-state index contributed by atoms with van der Waals surface area (Å²) in [7, 11) is 0. The molecule has 0 atom stereocenters. The maximum absolute atomic E-state index is 10.6. The van der Waals surface area contributed by atoms with Gasteiger partial charge in [-0.15, -0.1) is 12.4 Å². The van der Waals surface area contributed by atoms with Crippen molar-refractivity contribution >= 4 is 12.4 Å². The normalized spacial score (nSPS) is 8.00. The van der Waals surface area contributed by atoms with Crippen molar-refractivity contribution in [3.8, 4) is 5.75 Å². The quantitative estimate of drug-likeness (QED) is 0.616. The molecule has 0 spiro atoms. The summed E-state index contributed by atoms with van der Waals surface area (Å²) in [6.07, 6.45) is 0. The molecule has 0 bridgehead atoms. The molecule has 1 rings (SSSR count). The van der Waals surface area contributed by atoms with Crippen LogP contribution in [0.25, 0.3) is 0 Å². The lowest BCUT2D eigenvalue weighted by atomic mass is 10.5. The van der Waals surface area contributed by atoms with Crippen LogP contribution in [0, 0.1) is 0 Å². The van der Waals surface area contributed by atoms with Gasteiger partial charge in [-0.1, -0.05) is 18.2 Å². The molecule has 0 saturated carbocycles. The van der Waals surface area contributed by atoms with Crippen LogP contribution in [0.4, 0.5) is 0 Å². The highest BCUT2D eigenvalue weighted by atomic mass is 35.5. The highest BCUT2D eigenvalue weighted by molar-refractivity contribution is 5.85. The van der Waals surface area contributed by atoms with Crippen LogP contribution in [0.5, 0.6) is 5.75 Å². The van der Waals surface area contributed by atoms with E-state index in [2.05, 4.69) is 0 Å². The molecule has 0 aromatic heterocycles. The monoisotopic (exact) mass is 158 g/mol. The Bertz CT molecular complexity index is 259. The van der Waals surface area contributed by atoms with Gasteiger partial charge < -0.3 is 5.11 Å². The Morgan fingerprint density at radius 1 is 1.10 bits per heavy atom. The second-order valence-corrected chi connectivity index (χ2v) is 1.66. The fraction of sp³-hybridized carbons (Fsp3) is 0. The van der Waals surface area contributed by atoms with Crippen molar-refractivity contribution in [1.82, 2.24) is 0 Å². The second kappa shape index (κ2) is 3.90. The third-order valence-corrected chi connectivity index (χ3v) is 0.976. The topological polar surface area (TPSA) is 37.3 Å². The van der Waals surface area contributed by atoms with E-state index < -0.39 is 0 Å². The summed E-state index contributed by atoms with van der Waals surface area (Å²) in [5.41, 5.74) is -0.347. The SMILES string of the molecule is Cl.O=c1cccccc1O. The molecular weight excluding hydrogens is 152 g/mol. The van der Waals surface area contributed by atoms with Gasteiger partial charge in [-0.2, -0.15) is 0 Å². The van der Waals surface area contributed by atoms with E-state index in [1.165, 1.54) is 12.1 Å². The molecule has 0 radical (unpaired) electrons. The Morgan fingerprint density at radius 3 is 2.40 bits per heavy atom. The summed E-state index contributed by atoms with van der Waals surface area (Å²) in [5.74, 6) is -0.208. The zero-order chi connectivity index (χ0) is 6.69. The number of hydrogen-bond acceptors (Lipinski definition) is 2. The molecule has 0 aliphatic heterocycles. The molecule has 1 aromatic carbocycles. The van der Waals surface area contributed by atoms with Crippen LogP contribution < -0.4 is 5.43 Å². The van der Waals surface area contributed by atoms with E-state index in [4.69, 9.17) is 5.11 Å². The first-order valence-electron chi connectivity index (χ1n) is 2.59. The van der Waals surface area contributed by atoms with Gasteiger partial charge in [0.15, 0.2) is 5.75 Å². The number of hydrogen-bond donors (Lipinski definition) is 1. The minimum Gasteiger partial charge on any atom is -0.504 e. The van der Waals surface area contributed by atoms with E-state index in [0.29, 0.717) is 0 Å². The molecule has 0 saturated heterocycles. The second-order valence-electron chi connectivity index (χ2n) is 1.66. The van der Waals surface area contributed by atoms with Gasteiger partial charge >= 0.3 is 0 Å². The van der Waals surface area contributed by atoms with Crippen LogP contribution in [0.2, 0.25) is 0 Å². The van der Waals surface area contributed by atoms with E-state index in [-0.39, 0.29) is 23.6 Å². The zero-order valence-electron chi connectivity index (χ0n) is 5.15. The standard InChI is InChI=1S/C7H6O2.ClH/c8-6-4-2-1-3-5-7(6)9;/h1-5H,(H,8,9);1H. The molecule has 54 valence electrons. The average Bonchev–Trinajstić information content (AvgIpc) is 1.99. The Kier molecular flexibility index (Phi) is 3.51. The lowest BCUT2D eigenvalue weighted by Crippen LogP contribution is -1.90. The molecule has 0 aliphatic carbocycles. The molecule has 0 amide bonds. The molecule has 10 heavy (non-hydrogen) atoms. The lowest BCUT2D eigenvalue weighted by molar-refractivity contribution is 0.471. The number of rotatable bonds is 0. The smallest absolute Gasteiger partial charge is 0.220 e. The first kappa shape index (κ1) is 8.98. The van der Waals surface area contributed by atoms with E-state index >= 15 is 0 Å². The Labute approximate surface area is 64.6 Å². The average molecular weight is 159 g/mol. The molecule has 1 aromatic rings. The predicted molar refractivity (Wildman–Crippen MR) is 41.6 cm³/mol. The van der Waals surface area contributed by atoms with Crippen LogP contribution in [0.1, 0.15) is 0 Å². The Balaban J connectivity index is 0.000000810. The van der Waals surface area contributed by atoms with E-state index in [1.54, 1.807) is 18.2 Å². The van der Waals surface area contributed by atoms with Crippen LogP contribution in [0.15, 0.2) is 35.1 Å². The van der Waals surface area contributed by atoms with Gasteiger partial charge in [0, 0.05) is 0 Å². The number of aromatic hydroxyl groups is 1. The summed E-state index contributed by atoms with van der Waals surface area (Å²) in [6.45, 7) is 0. The van der Waals surface area contributed by atoms with Crippen molar-refractivity contribution in [2.45, 2.75) is 0 Å². The maximum Gasteiger partial charge on any atom is 0.220 e. The molecule has 0 unspecified atom stereocenters. The van der Waals surface area contributed by atoms with Crippen molar-refractivity contribution in [2.75, 3.05) is 0 Å². The van der Waals surface area contributed by atoms with Crippen molar-refractivity contribution < 1.29 is 5.11 Å². The minimum absolute atomic E-state index is 0. The molecule has 2 nitrogen and oxygen atoms in total. The van der Waals surface area contributed by atoms with Gasteiger partial charge in [0.25, 0.3) is 0 Å². The van der Waals surface area contributed by atoms with Gasteiger partial charge in [0.2, 0.25) is 5.43 Å². The summed E-state index contributed by atoms with van der Waals surface area (Å²) in [5, 5.41) is 8.77. The van der Waals surface area contributed by atoms with E-state index in [9.17, 15) is 4.79 Å². The third kappa shape index (κ3) is 2.07. The van der Waals surface area contributed by atoms with Crippen LogP contribution in [0.3, 0.4) is 0 Å². The minimum atomic E-state index is -0.347. The summed E-state index contributed by atoms with van der Waals surface area (Å²) in [4.78, 5) is 10.6. The molecule has 3 heteroatoms. The number of halogens is 1. The molecule has 0 heterocycles. The Hall–Kier alpha value is -1.02. The van der Waals surface area contributed by atoms with Gasteiger partial charge in [-0.3, -0.25) is 4.79 Å². The predicted octanol–water partition coefficient (Wildman–Crippen LogP) is 1.17. The van der Waals surface area contributed by atoms with Crippen molar-refractivity contribution in [1.29, 1.82) is 0 Å². The fourth-order valence-electron chi connectivity index (χ4n) is 0.521. The van der Waals surface area contributed by atoms with E-state index in [1.807, 2.05) is 0 Å². The van der Waals surface area contributed by atoms with Crippen molar-refractivity contribution in [3.05, 3.63) is 40.6 Å². The van der Waals surface area contributed by atoms with Crippen LogP contribution in [-0.4, -0.2) is 5.11 Å². The first-order valence-corrected chi connectivity index (χ1v) is 2.59. The maximum atomic E-state index is 10.6.